The Morgan fingerprint density at radius 1 is 1.02 bits per heavy atom. The van der Waals surface area contributed by atoms with Crippen LogP contribution >= 0.6 is 0 Å². The van der Waals surface area contributed by atoms with Crippen LogP contribution < -0.4 is 5.32 Å². The molecule has 2 aliphatic heterocycles. The first-order valence-corrected chi connectivity index (χ1v) is 18.2. The minimum atomic E-state index is -0.872. The number of carbonyl (C=O) groups is 3. The van der Waals surface area contributed by atoms with Crippen molar-refractivity contribution in [3.05, 3.63) is 83.1 Å². The van der Waals surface area contributed by atoms with Crippen LogP contribution in [-0.2, 0) is 19.1 Å². The van der Waals surface area contributed by atoms with Crippen LogP contribution in [0.15, 0.2) is 66.1 Å². The fourth-order valence-electron chi connectivity index (χ4n) is 6.51. The Morgan fingerprint density at radius 2 is 1.75 bits per heavy atom. The summed E-state index contributed by atoms with van der Waals surface area (Å²) in [7, 11) is 2.76. The second-order valence-corrected chi connectivity index (χ2v) is 14.2. The third kappa shape index (κ3) is 9.93. The van der Waals surface area contributed by atoms with Crippen LogP contribution in [0.25, 0.3) is 22.3 Å². The van der Waals surface area contributed by atoms with Gasteiger partial charge in [-0.2, -0.15) is 0 Å². The molecule has 0 spiro atoms. The van der Waals surface area contributed by atoms with Gasteiger partial charge >= 0.3 is 6.09 Å². The number of nitrogens with zero attached hydrogens (tertiary/aromatic N) is 4. The number of H-pyrrole nitrogens is 2. The molecule has 3 atom stereocenters. The van der Waals surface area contributed by atoms with Gasteiger partial charge in [-0.05, 0) is 81.8 Å². The number of rotatable bonds is 8. The van der Waals surface area contributed by atoms with Gasteiger partial charge in [0.15, 0.2) is 0 Å². The van der Waals surface area contributed by atoms with E-state index in [1.54, 1.807) is 24.3 Å². The first-order chi connectivity index (χ1) is 25.5. The van der Waals surface area contributed by atoms with Gasteiger partial charge in [-0.1, -0.05) is 49.0 Å². The minimum absolute atomic E-state index is 0.234. The lowest BCUT2D eigenvalue weighted by Gasteiger charge is -2.30. The van der Waals surface area contributed by atoms with E-state index in [0.717, 1.165) is 65.8 Å². The van der Waals surface area contributed by atoms with Crippen molar-refractivity contribution in [1.82, 2.24) is 35.1 Å². The van der Waals surface area contributed by atoms with Gasteiger partial charge in [-0.3, -0.25) is 9.59 Å². The average Bonchev–Trinajstić information content (AvgIpc) is 3.99. The molecule has 2 aromatic carbocycles. The maximum Gasteiger partial charge on any atom is 0.407 e. The Labute approximate surface area is 311 Å². The number of aromatic nitrogens is 4. The molecule has 12 heteroatoms. The van der Waals surface area contributed by atoms with E-state index in [4.69, 9.17) is 14.5 Å². The van der Waals surface area contributed by atoms with Gasteiger partial charge < -0.3 is 34.6 Å². The largest absolute Gasteiger partial charge is 0.453 e. The molecular formula is C41H51N7O5. The summed E-state index contributed by atoms with van der Waals surface area (Å²) in [6.45, 7) is 12.5. The smallest absolute Gasteiger partial charge is 0.407 e. The van der Waals surface area contributed by atoms with Gasteiger partial charge in [0.25, 0.3) is 0 Å². The molecule has 2 aromatic heterocycles. The Balaban J connectivity index is 0.000000326. The maximum atomic E-state index is 13.5. The molecule has 3 N–H and O–H groups in total. The molecule has 6 rings (SSSR count). The number of ether oxygens (including phenoxy) is 2. The normalized spacial score (nSPS) is 16.5. The number of carbonyl (C=O) groups excluding carboxylic acids is 3. The number of alkyl carbamates (subject to hydrolysis) is 1. The summed E-state index contributed by atoms with van der Waals surface area (Å²) in [6.07, 6.45) is 5.59. The van der Waals surface area contributed by atoms with Crippen molar-refractivity contribution in [3.8, 4) is 23.1 Å². The summed E-state index contributed by atoms with van der Waals surface area (Å²) in [5, 5.41) is 2.61. The van der Waals surface area contributed by atoms with Crippen LogP contribution in [0.3, 0.4) is 0 Å². The van der Waals surface area contributed by atoms with Crippen LogP contribution in [0.1, 0.15) is 83.3 Å². The summed E-state index contributed by atoms with van der Waals surface area (Å²) in [4.78, 5) is 56.1. The molecule has 4 heterocycles. The van der Waals surface area contributed by atoms with Crippen molar-refractivity contribution in [3.63, 3.8) is 0 Å². The molecule has 3 amide bonds. The highest BCUT2D eigenvalue weighted by Crippen LogP contribution is 2.32. The van der Waals surface area contributed by atoms with Gasteiger partial charge in [0, 0.05) is 44.3 Å². The fourth-order valence-corrected chi connectivity index (χ4v) is 6.51. The van der Waals surface area contributed by atoms with Crippen LogP contribution in [0.4, 0.5) is 4.79 Å². The highest BCUT2D eigenvalue weighted by Gasteiger charge is 2.38. The number of fused-ring (bicyclic) bond motifs is 1. The van der Waals surface area contributed by atoms with Gasteiger partial charge in [-0.25, -0.2) is 14.8 Å². The number of amides is 3. The molecular weight excluding hydrogens is 670 g/mol. The molecule has 3 unspecified atom stereocenters. The van der Waals surface area contributed by atoms with Gasteiger partial charge in [0.2, 0.25) is 11.8 Å². The zero-order valence-electron chi connectivity index (χ0n) is 31.8. The van der Waals surface area contributed by atoms with Crippen LogP contribution in [0.5, 0.6) is 0 Å². The summed E-state index contributed by atoms with van der Waals surface area (Å²) in [5.41, 5.74) is 8.24. The predicted molar refractivity (Wildman–Crippen MR) is 205 cm³/mol. The molecule has 53 heavy (non-hydrogen) atoms. The van der Waals surface area contributed by atoms with Crippen LogP contribution in [-0.4, -0.2) is 93.6 Å². The van der Waals surface area contributed by atoms with Crippen molar-refractivity contribution in [2.75, 3.05) is 33.9 Å². The van der Waals surface area contributed by atoms with E-state index in [2.05, 4.69) is 59.8 Å². The number of hydrogen-bond donors (Lipinski definition) is 3. The Morgan fingerprint density at radius 3 is 2.40 bits per heavy atom. The van der Waals surface area contributed by atoms with Crippen molar-refractivity contribution in [2.24, 2.45) is 5.92 Å². The first-order valence-electron chi connectivity index (χ1n) is 18.2. The zero-order chi connectivity index (χ0) is 38.1. The fraction of sp³-hybridized carbons (Fsp3) is 0.439. The second-order valence-electron chi connectivity index (χ2n) is 14.2. The van der Waals surface area contributed by atoms with E-state index in [1.807, 2.05) is 47.4 Å². The molecule has 0 radical (unpaired) electrons. The van der Waals surface area contributed by atoms with Gasteiger partial charge in [0.1, 0.15) is 11.9 Å². The SMILES string of the molecule is CC(C)=C1CCN(C(=O)CC(C)C)C1.COC(=O)NC(C(=O)N1CCCC1c1nc2ccc(C#Cc3ccc(-c4cnc[nH]4)cc3)cc2[nH]1)C(C)OC. The van der Waals surface area contributed by atoms with Crippen molar-refractivity contribution in [1.29, 1.82) is 0 Å². The quantitative estimate of drug-likeness (QED) is 0.142. The molecule has 0 aliphatic carbocycles. The lowest BCUT2D eigenvalue weighted by Crippen LogP contribution is -2.54. The molecule has 2 saturated heterocycles. The molecule has 2 fully saturated rings. The summed E-state index contributed by atoms with van der Waals surface area (Å²) >= 11 is 0. The lowest BCUT2D eigenvalue weighted by atomic mass is 10.1. The Hall–Kier alpha value is -5.41. The molecule has 0 bridgehead atoms. The zero-order valence-corrected chi connectivity index (χ0v) is 31.8. The van der Waals surface area contributed by atoms with Crippen LogP contribution in [0, 0.1) is 17.8 Å². The minimum Gasteiger partial charge on any atom is -0.453 e. The van der Waals surface area contributed by atoms with E-state index in [0.29, 0.717) is 30.6 Å². The maximum absolute atomic E-state index is 13.5. The van der Waals surface area contributed by atoms with E-state index in [1.165, 1.54) is 25.4 Å². The third-order valence-corrected chi connectivity index (χ3v) is 9.67. The molecule has 12 nitrogen and oxygen atoms in total. The van der Waals surface area contributed by atoms with Crippen molar-refractivity contribution >= 4 is 28.9 Å². The summed E-state index contributed by atoms with van der Waals surface area (Å²) < 4.78 is 10.1. The monoisotopic (exact) mass is 721 g/mol. The molecule has 2 aliphatic rings. The number of likely N-dealkylation sites (tertiary alicyclic amines) is 2. The third-order valence-electron chi connectivity index (χ3n) is 9.67. The number of nitrogens with one attached hydrogen (secondary N) is 3. The highest BCUT2D eigenvalue weighted by molar-refractivity contribution is 5.87. The highest BCUT2D eigenvalue weighted by atomic mass is 16.5. The predicted octanol–water partition coefficient (Wildman–Crippen LogP) is 6.38. The summed E-state index contributed by atoms with van der Waals surface area (Å²) in [5.74, 6) is 7.69. The molecule has 4 aromatic rings. The number of hydrogen-bond acceptors (Lipinski definition) is 7. The number of aromatic amines is 2. The number of imidazole rings is 2. The summed E-state index contributed by atoms with van der Waals surface area (Å²) in [6, 6.07) is 12.7. The van der Waals surface area contributed by atoms with E-state index in [9.17, 15) is 14.4 Å². The van der Waals surface area contributed by atoms with E-state index >= 15 is 0 Å². The number of allylic oxidation sites excluding steroid dienone is 1. The standard InChI is InChI=1S/C29H30N6O4.C12H21NO/c1-18(38-2)26(34-29(37)39-3)28(36)35-14-4-5-25(35)27-32-22-13-10-20(15-23(22)33-27)7-6-19-8-11-21(12-9-19)24-16-30-17-31-24;1-9(2)7-12(14)13-6-5-11(8-13)10(3)4/h8-13,15-18,25-26H,4-5,14H2,1-3H3,(H,30,31)(H,32,33)(H,34,37);9H,5-8H2,1-4H3. The number of methoxy groups -OCH3 is 2. The van der Waals surface area contributed by atoms with Crippen molar-refractivity contribution in [2.45, 2.75) is 78.5 Å². The molecule has 280 valence electrons. The van der Waals surface area contributed by atoms with Crippen LogP contribution in [0.2, 0.25) is 0 Å². The lowest BCUT2D eigenvalue weighted by molar-refractivity contribution is -0.137. The van der Waals surface area contributed by atoms with E-state index in [-0.39, 0.29) is 11.9 Å². The Kier molecular flexibility index (Phi) is 13.1. The topological polar surface area (TPSA) is 146 Å². The average molecular weight is 722 g/mol. The van der Waals surface area contributed by atoms with Gasteiger partial charge in [0.05, 0.1) is 48.5 Å². The second kappa shape index (κ2) is 17.9. The van der Waals surface area contributed by atoms with Crippen molar-refractivity contribution < 1.29 is 23.9 Å². The van der Waals surface area contributed by atoms with Gasteiger partial charge in [-0.15, -0.1) is 0 Å². The number of benzene rings is 2. The van der Waals surface area contributed by atoms with E-state index < -0.39 is 18.2 Å². The Bertz CT molecular complexity index is 1970. The molecule has 0 saturated carbocycles. The first kappa shape index (κ1) is 38.8.